The van der Waals surface area contributed by atoms with E-state index < -0.39 is 0 Å². The Hall–Kier alpha value is -1.55. The highest BCUT2D eigenvalue weighted by Gasteiger charge is 2.29. The number of hydrogen-bond donors (Lipinski definition) is 0. The molecule has 0 saturated carbocycles. The summed E-state index contributed by atoms with van der Waals surface area (Å²) in [6, 6.07) is 5.74. The molecule has 1 heterocycles. The van der Waals surface area contributed by atoms with Crippen LogP contribution in [0.4, 0.5) is 0 Å². The second kappa shape index (κ2) is 8.92. The molecule has 0 radical (unpaired) electrons. The van der Waals surface area contributed by atoms with Gasteiger partial charge in [-0.3, -0.25) is 4.79 Å². The molecule has 23 heavy (non-hydrogen) atoms. The average Bonchev–Trinajstić information content (AvgIpc) is 2.57. The van der Waals surface area contributed by atoms with Crippen LogP contribution in [0.15, 0.2) is 18.2 Å². The quantitative estimate of drug-likeness (QED) is 0.663. The topological polar surface area (TPSA) is 44.8 Å². The number of carbonyl (C=O) groups is 1. The van der Waals surface area contributed by atoms with E-state index in [0.717, 1.165) is 18.4 Å². The molecule has 0 spiro atoms. The Labute approximate surface area is 139 Å². The minimum Gasteiger partial charge on any atom is -0.493 e. The molecule has 1 aliphatic rings. The molecule has 0 bridgehead atoms. The zero-order valence-corrected chi connectivity index (χ0v) is 14.5. The summed E-state index contributed by atoms with van der Waals surface area (Å²) < 4.78 is 16.8. The van der Waals surface area contributed by atoms with Crippen molar-refractivity contribution in [1.82, 2.24) is 0 Å². The lowest BCUT2D eigenvalue weighted by molar-refractivity contribution is -0.136. The van der Waals surface area contributed by atoms with Crippen molar-refractivity contribution in [3.8, 4) is 11.5 Å². The fourth-order valence-corrected chi connectivity index (χ4v) is 3.09. The first-order valence-electron chi connectivity index (χ1n) is 8.57. The van der Waals surface area contributed by atoms with Crippen molar-refractivity contribution in [3.05, 3.63) is 23.8 Å². The van der Waals surface area contributed by atoms with Gasteiger partial charge in [0.1, 0.15) is 5.78 Å². The van der Waals surface area contributed by atoms with E-state index >= 15 is 0 Å². The summed E-state index contributed by atoms with van der Waals surface area (Å²) in [5.74, 6) is 1.65. The van der Waals surface area contributed by atoms with Crippen LogP contribution in [0.2, 0.25) is 0 Å². The molecule has 2 rings (SSSR count). The Bertz CT molecular complexity index is 512. The number of unbranched alkanes of at least 4 members (excludes halogenated alkanes) is 3. The molecular formula is C19H28O4. The first kappa shape index (κ1) is 17.8. The van der Waals surface area contributed by atoms with E-state index in [1.165, 1.54) is 19.3 Å². The van der Waals surface area contributed by atoms with E-state index in [2.05, 4.69) is 6.92 Å². The lowest BCUT2D eigenvalue weighted by atomic mass is 9.94. The third kappa shape index (κ3) is 4.96. The van der Waals surface area contributed by atoms with Crippen LogP contribution in [-0.2, 0) is 9.53 Å². The van der Waals surface area contributed by atoms with Crippen molar-refractivity contribution in [2.24, 2.45) is 0 Å². The van der Waals surface area contributed by atoms with Gasteiger partial charge in [-0.15, -0.1) is 0 Å². The zero-order valence-electron chi connectivity index (χ0n) is 14.5. The number of carbonyl (C=O) groups excluding carboxylic acids is 1. The van der Waals surface area contributed by atoms with Crippen molar-refractivity contribution >= 4 is 5.78 Å². The highest BCUT2D eigenvalue weighted by Crippen LogP contribution is 2.36. The van der Waals surface area contributed by atoms with Crippen molar-refractivity contribution in [3.63, 3.8) is 0 Å². The Kier molecular flexibility index (Phi) is 6.90. The van der Waals surface area contributed by atoms with Crippen LogP contribution in [0.25, 0.3) is 0 Å². The molecule has 4 nitrogen and oxygen atoms in total. The van der Waals surface area contributed by atoms with Gasteiger partial charge in [0.05, 0.1) is 26.4 Å². The number of benzene rings is 1. The first-order chi connectivity index (χ1) is 11.2. The Morgan fingerprint density at radius 1 is 1.09 bits per heavy atom. The van der Waals surface area contributed by atoms with Crippen LogP contribution < -0.4 is 9.47 Å². The summed E-state index contributed by atoms with van der Waals surface area (Å²) >= 11 is 0. The van der Waals surface area contributed by atoms with E-state index in [9.17, 15) is 4.79 Å². The Morgan fingerprint density at radius 2 is 1.87 bits per heavy atom. The fourth-order valence-electron chi connectivity index (χ4n) is 3.09. The predicted octanol–water partition coefficient (Wildman–Crippen LogP) is 4.46. The van der Waals surface area contributed by atoms with Crippen molar-refractivity contribution < 1.29 is 19.0 Å². The summed E-state index contributed by atoms with van der Waals surface area (Å²) in [6.45, 7) is 2.20. The largest absolute Gasteiger partial charge is 0.493 e. The second-order valence-electron chi connectivity index (χ2n) is 6.16. The lowest BCUT2D eigenvalue weighted by Crippen LogP contribution is -2.28. The molecule has 2 atom stereocenters. The smallest absolute Gasteiger partial charge is 0.161 e. The first-order valence-corrected chi connectivity index (χ1v) is 8.57. The molecule has 1 aromatic rings. The molecule has 1 fully saturated rings. The van der Waals surface area contributed by atoms with Gasteiger partial charge in [0.2, 0.25) is 0 Å². The number of methoxy groups -OCH3 is 2. The second-order valence-corrected chi connectivity index (χ2v) is 6.16. The van der Waals surface area contributed by atoms with Gasteiger partial charge >= 0.3 is 0 Å². The van der Waals surface area contributed by atoms with Gasteiger partial charge in [0.15, 0.2) is 11.5 Å². The van der Waals surface area contributed by atoms with Crippen LogP contribution in [0.3, 0.4) is 0 Å². The Balaban J connectivity index is 2.02. The van der Waals surface area contributed by atoms with Crippen LogP contribution in [-0.4, -0.2) is 26.1 Å². The molecule has 0 aliphatic carbocycles. The van der Waals surface area contributed by atoms with E-state index in [1.807, 2.05) is 18.2 Å². The monoisotopic (exact) mass is 320 g/mol. The summed E-state index contributed by atoms with van der Waals surface area (Å²) in [6.07, 6.45) is 6.65. The highest BCUT2D eigenvalue weighted by molar-refractivity contribution is 5.80. The van der Waals surface area contributed by atoms with Crippen molar-refractivity contribution in [2.45, 2.75) is 64.1 Å². The van der Waals surface area contributed by atoms with Gasteiger partial charge in [-0.2, -0.15) is 0 Å². The van der Waals surface area contributed by atoms with Crippen LogP contribution >= 0.6 is 0 Å². The zero-order chi connectivity index (χ0) is 16.7. The fraction of sp³-hybridized carbons (Fsp3) is 0.632. The van der Waals surface area contributed by atoms with Gasteiger partial charge < -0.3 is 14.2 Å². The Morgan fingerprint density at radius 3 is 2.57 bits per heavy atom. The van der Waals surface area contributed by atoms with Gasteiger partial charge in [-0.1, -0.05) is 38.7 Å². The SMILES string of the molecule is CCCCCC[C@@H]1CC(=O)C[C@H](c2ccc(OC)c(OC)c2)O1. The highest BCUT2D eigenvalue weighted by atomic mass is 16.5. The number of rotatable bonds is 8. The maximum absolute atomic E-state index is 12.1. The summed E-state index contributed by atoms with van der Waals surface area (Å²) in [5, 5.41) is 0. The number of ketones is 1. The number of ether oxygens (including phenoxy) is 3. The summed E-state index contributed by atoms with van der Waals surface area (Å²) in [5.41, 5.74) is 0.981. The molecule has 128 valence electrons. The molecule has 0 unspecified atom stereocenters. The molecule has 0 N–H and O–H groups in total. The van der Waals surface area contributed by atoms with E-state index in [-0.39, 0.29) is 18.0 Å². The van der Waals surface area contributed by atoms with Crippen molar-refractivity contribution in [2.75, 3.05) is 14.2 Å². The molecule has 0 aromatic heterocycles. The number of hydrogen-bond acceptors (Lipinski definition) is 4. The van der Waals surface area contributed by atoms with Gasteiger partial charge in [0, 0.05) is 12.8 Å². The van der Waals surface area contributed by atoms with Gasteiger partial charge in [-0.25, -0.2) is 0 Å². The average molecular weight is 320 g/mol. The van der Waals surface area contributed by atoms with Crippen LogP contribution in [0.5, 0.6) is 11.5 Å². The molecule has 0 amide bonds. The third-order valence-corrected chi connectivity index (χ3v) is 4.38. The van der Waals surface area contributed by atoms with Crippen LogP contribution in [0, 0.1) is 0 Å². The third-order valence-electron chi connectivity index (χ3n) is 4.38. The normalized spacial score (nSPS) is 21.3. The van der Waals surface area contributed by atoms with E-state index in [4.69, 9.17) is 14.2 Å². The molecular weight excluding hydrogens is 292 g/mol. The van der Waals surface area contributed by atoms with Crippen LogP contribution in [0.1, 0.15) is 63.5 Å². The lowest BCUT2D eigenvalue weighted by Gasteiger charge is -2.30. The number of Topliss-reactive ketones (excluding diaryl/α,β-unsaturated/α-hetero) is 1. The van der Waals surface area contributed by atoms with E-state index in [0.29, 0.717) is 24.3 Å². The molecule has 1 aromatic carbocycles. The summed E-state index contributed by atoms with van der Waals surface area (Å²) in [4.78, 5) is 12.1. The maximum atomic E-state index is 12.1. The predicted molar refractivity (Wildman–Crippen MR) is 90.2 cm³/mol. The minimum absolute atomic E-state index is 0.0474. The van der Waals surface area contributed by atoms with Gasteiger partial charge in [0.25, 0.3) is 0 Å². The molecule has 4 heteroatoms. The molecule has 1 saturated heterocycles. The minimum atomic E-state index is -0.174. The van der Waals surface area contributed by atoms with Crippen molar-refractivity contribution in [1.29, 1.82) is 0 Å². The standard InChI is InChI=1S/C19H28O4/c1-4-5-6-7-8-16-12-15(20)13-18(23-16)14-9-10-17(21-2)19(11-14)22-3/h9-11,16,18H,4-8,12-13H2,1-3H3/t16-,18-/m1/s1. The summed E-state index contributed by atoms with van der Waals surface area (Å²) in [7, 11) is 3.23. The van der Waals surface area contributed by atoms with E-state index in [1.54, 1.807) is 14.2 Å². The molecule has 1 aliphatic heterocycles. The van der Waals surface area contributed by atoms with Gasteiger partial charge in [-0.05, 0) is 24.1 Å². The maximum Gasteiger partial charge on any atom is 0.161 e.